The standard InChI is InChI=1S/C18H19BrN2O2/c1-3-14-8-9-17(16(19)10-14)23-12-18(22)21-20-11-15-6-4-13(2)5-7-15/h4-11H,3,12H2,1-2H3,(H,21,22)/b20-11+. The number of ether oxygens (including phenoxy) is 1. The Labute approximate surface area is 144 Å². The van der Waals surface area contributed by atoms with Crippen molar-refractivity contribution in [3.05, 3.63) is 63.6 Å². The van der Waals surface area contributed by atoms with Crippen LogP contribution < -0.4 is 10.2 Å². The molecule has 2 aromatic rings. The fourth-order valence-corrected chi connectivity index (χ4v) is 2.43. The van der Waals surface area contributed by atoms with Gasteiger partial charge in [0, 0.05) is 0 Å². The molecule has 0 unspecified atom stereocenters. The number of carbonyl (C=O) groups excluding carboxylic acids is 1. The van der Waals surface area contributed by atoms with Crippen LogP contribution in [-0.2, 0) is 11.2 Å². The molecule has 1 N–H and O–H groups in total. The Morgan fingerprint density at radius 2 is 2.00 bits per heavy atom. The van der Waals surface area contributed by atoms with Gasteiger partial charge in [0.05, 0.1) is 10.7 Å². The average molecular weight is 375 g/mol. The van der Waals surface area contributed by atoms with Crippen molar-refractivity contribution >= 4 is 28.1 Å². The lowest BCUT2D eigenvalue weighted by atomic mass is 10.2. The van der Waals surface area contributed by atoms with E-state index in [2.05, 4.69) is 33.4 Å². The summed E-state index contributed by atoms with van der Waals surface area (Å²) in [7, 11) is 0. The molecule has 0 aliphatic rings. The number of amides is 1. The monoisotopic (exact) mass is 374 g/mol. The van der Waals surface area contributed by atoms with Crippen molar-refractivity contribution < 1.29 is 9.53 Å². The molecule has 0 aliphatic carbocycles. The highest BCUT2D eigenvalue weighted by Gasteiger charge is 2.05. The number of halogens is 1. The Morgan fingerprint density at radius 3 is 2.65 bits per heavy atom. The van der Waals surface area contributed by atoms with Gasteiger partial charge in [-0.2, -0.15) is 5.10 Å². The first kappa shape index (κ1) is 17.2. The van der Waals surface area contributed by atoms with E-state index >= 15 is 0 Å². The van der Waals surface area contributed by atoms with E-state index in [1.54, 1.807) is 6.21 Å². The van der Waals surface area contributed by atoms with Crippen molar-refractivity contribution in [2.75, 3.05) is 6.61 Å². The molecule has 0 heterocycles. The molecule has 0 atom stereocenters. The third kappa shape index (κ3) is 5.53. The van der Waals surface area contributed by atoms with Gasteiger partial charge in [0.15, 0.2) is 6.61 Å². The predicted octanol–water partition coefficient (Wildman–Crippen LogP) is 3.85. The highest BCUT2D eigenvalue weighted by molar-refractivity contribution is 9.10. The molecular weight excluding hydrogens is 356 g/mol. The summed E-state index contributed by atoms with van der Waals surface area (Å²) in [6.07, 6.45) is 2.55. The summed E-state index contributed by atoms with van der Waals surface area (Å²) in [5.74, 6) is 0.333. The van der Waals surface area contributed by atoms with Crippen LogP contribution in [0.15, 0.2) is 52.0 Å². The number of benzene rings is 2. The lowest BCUT2D eigenvalue weighted by Gasteiger charge is -2.08. The van der Waals surface area contributed by atoms with Crippen molar-refractivity contribution in [1.29, 1.82) is 0 Å². The average Bonchev–Trinajstić information content (AvgIpc) is 2.55. The SMILES string of the molecule is CCc1ccc(OCC(=O)N/N=C/c2ccc(C)cc2)c(Br)c1. The van der Waals surface area contributed by atoms with E-state index in [-0.39, 0.29) is 12.5 Å². The summed E-state index contributed by atoms with van der Waals surface area (Å²) >= 11 is 3.44. The molecule has 120 valence electrons. The van der Waals surface area contributed by atoms with Gasteiger partial charge in [-0.3, -0.25) is 4.79 Å². The van der Waals surface area contributed by atoms with Gasteiger partial charge in [-0.15, -0.1) is 0 Å². The van der Waals surface area contributed by atoms with Crippen molar-refractivity contribution in [3.63, 3.8) is 0 Å². The molecular formula is C18H19BrN2O2. The van der Waals surface area contributed by atoms with E-state index in [0.717, 1.165) is 16.5 Å². The van der Waals surface area contributed by atoms with Crippen molar-refractivity contribution in [1.82, 2.24) is 5.43 Å². The second-order valence-corrected chi connectivity index (χ2v) is 5.97. The Bertz CT molecular complexity index is 697. The van der Waals surface area contributed by atoms with Crippen LogP contribution in [0.25, 0.3) is 0 Å². The first-order chi connectivity index (χ1) is 11.1. The van der Waals surface area contributed by atoms with Gasteiger partial charge in [-0.05, 0) is 52.5 Å². The lowest BCUT2D eigenvalue weighted by Crippen LogP contribution is -2.24. The number of aryl methyl sites for hydroxylation is 2. The molecule has 0 aliphatic heterocycles. The highest BCUT2D eigenvalue weighted by atomic mass is 79.9. The number of rotatable bonds is 6. The quantitative estimate of drug-likeness (QED) is 0.616. The second-order valence-electron chi connectivity index (χ2n) is 5.11. The van der Waals surface area contributed by atoms with Crippen LogP contribution in [0.5, 0.6) is 5.75 Å². The first-order valence-electron chi connectivity index (χ1n) is 7.38. The zero-order valence-corrected chi connectivity index (χ0v) is 14.8. The molecule has 2 rings (SSSR count). The van der Waals surface area contributed by atoms with Crippen LogP contribution in [-0.4, -0.2) is 18.7 Å². The zero-order chi connectivity index (χ0) is 16.7. The molecule has 23 heavy (non-hydrogen) atoms. The molecule has 1 amide bonds. The van der Waals surface area contributed by atoms with Gasteiger partial charge in [-0.1, -0.05) is 42.8 Å². The number of nitrogens with zero attached hydrogens (tertiary/aromatic N) is 1. The molecule has 0 saturated heterocycles. The van der Waals surface area contributed by atoms with E-state index in [4.69, 9.17) is 4.74 Å². The molecule has 0 radical (unpaired) electrons. The second kappa shape index (κ2) is 8.48. The summed E-state index contributed by atoms with van der Waals surface area (Å²) in [6, 6.07) is 13.7. The van der Waals surface area contributed by atoms with Crippen LogP contribution in [0.1, 0.15) is 23.6 Å². The number of hydrazone groups is 1. The van der Waals surface area contributed by atoms with Crippen molar-refractivity contribution in [2.24, 2.45) is 5.10 Å². The first-order valence-corrected chi connectivity index (χ1v) is 8.17. The summed E-state index contributed by atoms with van der Waals surface area (Å²) < 4.78 is 6.32. The molecule has 0 aromatic heterocycles. The number of hydrogen-bond acceptors (Lipinski definition) is 3. The van der Waals surface area contributed by atoms with Gasteiger partial charge < -0.3 is 4.74 Å². The minimum Gasteiger partial charge on any atom is -0.483 e. The van der Waals surface area contributed by atoms with E-state index in [9.17, 15) is 4.79 Å². The van der Waals surface area contributed by atoms with Crippen LogP contribution >= 0.6 is 15.9 Å². The van der Waals surface area contributed by atoms with Crippen LogP contribution in [0.3, 0.4) is 0 Å². The Morgan fingerprint density at radius 1 is 1.26 bits per heavy atom. The minimum atomic E-state index is -0.306. The molecule has 0 fully saturated rings. The van der Waals surface area contributed by atoms with Crippen molar-refractivity contribution in [2.45, 2.75) is 20.3 Å². The van der Waals surface area contributed by atoms with E-state index in [0.29, 0.717) is 5.75 Å². The maximum absolute atomic E-state index is 11.7. The van der Waals surface area contributed by atoms with Gasteiger partial charge in [-0.25, -0.2) is 5.43 Å². The molecule has 2 aromatic carbocycles. The third-order valence-electron chi connectivity index (χ3n) is 3.24. The van der Waals surface area contributed by atoms with Gasteiger partial charge in [0.1, 0.15) is 5.75 Å². The largest absolute Gasteiger partial charge is 0.483 e. The number of nitrogens with one attached hydrogen (secondary N) is 1. The Hall–Kier alpha value is -2.14. The van der Waals surface area contributed by atoms with Crippen LogP contribution in [0, 0.1) is 6.92 Å². The van der Waals surface area contributed by atoms with Crippen LogP contribution in [0.2, 0.25) is 0 Å². The fraction of sp³-hybridized carbons (Fsp3) is 0.222. The molecule has 0 spiro atoms. The highest BCUT2D eigenvalue weighted by Crippen LogP contribution is 2.26. The van der Waals surface area contributed by atoms with Gasteiger partial charge in [0.25, 0.3) is 5.91 Å². The minimum absolute atomic E-state index is 0.0880. The normalized spacial score (nSPS) is 10.7. The predicted molar refractivity (Wildman–Crippen MR) is 95.9 cm³/mol. The van der Waals surface area contributed by atoms with E-state index in [1.807, 2.05) is 49.4 Å². The van der Waals surface area contributed by atoms with Crippen molar-refractivity contribution in [3.8, 4) is 5.75 Å². The third-order valence-corrected chi connectivity index (χ3v) is 3.86. The van der Waals surface area contributed by atoms with E-state index in [1.165, 1.54) is 11.1 Å². The Balaban J connectivity index is 1.82. The number of carbonyl (C=O) groups is 1. The maximum atomic E-state index is 11.7. The molecule has 5 heteroatoms. The van der Waals surface area contributed by atoms with Gasteiger partial charge >= 0.3 is 0 Å². The zero-order valence-electron chi connectivity index (χ0n) is 13.2. The summed E-state index contributed by atoms with van der Waals surface area (Å²) in [4.78, 5) is 11.7. The molecule has 0 saturated carbocycles. The Kier molecular flexibility index (Phi) is 6.35. The van der Waals surface area contributed by atoms with Crippen LogP contribution in [0.4, 0.5) is 0 Å². The van der Waals surface area contributed by atoms with Gasteiger partial charge in [0.2, 0.25) is 0 Å². The fourth-order valence-electron chi connectivity index (χ4n) is 1.89. The topological polar surface area (TPSA) is 50.7 Å². The maximum Gasteiger partial charge on any atom is 0.277 e. The smallest absolute Gasteiger partial charge is 0.277 e. The lowest BCUT2D eigenvalue weighted by molar-refractivity contribution is -0.123. The molecule has 4 nitrogen and oxygen atoms in total. The summed E-state index contributed by atoms with van der Waals surface area (Å²) in [5.41, 5.74) is 5.76. The number of hydrogen-bond donors (Lipinski definition) is 1. The summed E-state index contributed by atoms with van der Waals surface area (Å²) in [5, 5.41) is 3.92. The summed E-state index contributed by atoms with van der Waals surface area (Å²) in [6.45, 7) is 4.02. The van der Waals surface area contributed by atoms with E-state index < -0.39 is 0 Å². The molecule has 0 bridgehead atoms.